The summed E-state index contributed by atoms with van der Waals surface area (Å²) >= 11 is 0. The average molecular weight is 291 g/mol. The number of nitro benzene ring substituents is 1. The van der Waals surface area contributed by atoms with Crippen LogP contribution < -0.4 is 4.74 Å². The number of carbonyl (C=O) groups is 1. The van der Waals surface area contributed by atoms with Gasteiger partial charge in [0.1, 0.15) is 5.75 Å². The smallest absolute Gasteiger partial charge is 0.307 e. The molecule has 0 heterocycles. The minimum Gasteiger partial charge on any atom is -0.481 e. The minimum atomic E-state index is -1.05. The van der Waals surface area contributed by atoms with Crippen molar-refractivity contribution in [3.8, 4) is 11.5 Å². The van der Waals surface area contributed by atoms with E-state index in [1.165, 1.54) is 6.07 Å². The lowest BCUT2D eigenvalue weighted by Gasteiger charge is -2.10. The van der Waals surface area contributed by atoms with Crippen LogP contribution in [-0.4, -0.2) is 16.0 Å². The van der Waals surface area contributed by atoms with Crippen LogP contribution in [-0.2, 0) is 11.2 Å². The van der Waals surface area contributed by atoms with Crippen LogP contribution in [0.4, 0.5) is 10.1 Å². The van der Waals surface area contributed by atoms with E-state index in [0.717, 1.165) is 18.2 Å². The van der Waals surface area contributed by atoms with Gasteiger partial charge in [-0.2, -0.15) is 0 Å². The van der Waals surface area contributed by atoms with Gasteiger partial charge in [0.2, 0.25) is 0 Å². The highest BCUT2D eigenvalue weighted by Gasteiger charge is 2.14. The molecule has 0 atom stereocenters. The minimum absolute atomic E-state index is 0.188. The molecule has 7 heteroatoms. The number of non-ortho nitro benzene ring substituents is 1. The maximum Gasteiger partial charge on any atom is 0.307 e. The zero-order chi connectivity index (χ0) is 15.4. The summed E-state index contributed by atoms with van der Waals surface area (Å²) in [5.41, 5.74) is -0.0126. The van der Waals surface area contributed by atoms with Crippen LogP contribution in [0.5, 0.6) is 11.5 Å². The highest BCUT2D eigenvalue weighted by molar-refractivity contribution is 5.71. The molecule has 1 N–H and O–H groups in total. The van der Waals surface area contributed by atoms with E-state index in [4.69, 9.17) is 9.84 Å². The van der Waals surface area contributed by atoms with E-state index in [-0.39, 0.29) is 17.9 Å². The van der Waals surface area contributed by atoms with Gasteiger partial charge in [-0.3, -0.25) is 14.9 Å². The van der Waals surface area contributed by atoms with E-state index in [2.05, 4.69) is 0 Å². The molecule has 0 unspecified atom stereocenters. The Labute approximate surface area is 118 Å². The molecule has 2 aromatic rings. The number of hydrogen-bond acceptors (Lipinski definition) is 4. The quantitative estimate of drug-likeness (QED) is 0.675. The van der Waals surface area contributed by atoms with Crippen molar-refractivity contribution in [2.75, 3.05) is 0 Å². The van der Waals surface area contributed by atoms with E-state index < -0.39 is 22.4 Å². The summed E-state index contributed by atoms with van der Waals surface area (Å²) in [6.07, 6.45) is -0.273. The molecule has 0 saturated heterocycles. The summed E-state index contributed by atoms with van der Waals surface area (Å²) in [6, 6.07) is 9.28. The number of aliphatic carboxylic acids is 1. The fourth-order valence-corrected chi connectivity index (χ4v) is 1.72. The van der Waals surface area contributed by atoms with Crippen LogP contribution in [0.2, 0.25) is 0 Å². The Morgan fingerprint density at radius 3 is 2.57 bits per heavy atom. The van der Waals surface area contributed by atoms with Gasteiger partial charge in [0, 0.05) is 11.6 Å². The molecular formula is C14H10FNO5. The van der Waals surface area contributed by atoms with Gasteiger partial charge in [0.25, 0.3) is 5.69 Å². The molecule has 2 rings (SSSR count). The van der Waals surface area contributed by atoms with Crippen LogP contribution in [0.15, 0.2) is 42.5 Å². The normalized spacial score (nSPS) is 10.1. The number of benzene rings is 2. The fraction of sp³-hybridized carbons (Fsp3) is 0.0714. The molecule has 0 fully saturated rings. The predicted octanol–water partition coefficient (Wildman–Crippen LogP) is 3.15. The summed E-state index contributed by atoms with van der Waals surface area (Å²) in [5, 5.41) is 19.3. The highest BCUT2D eigenvalue weighted by atomic mass is 19.1. The Bertz CT molecular complexity index is 702. The number of rotatable bonds is 5. The van der Waals surface area contributed by atoms with Crippen molar-refractivity contribution in [2.24, 2.45) is 0 Å². The van der Waals surface area contributed by atoms with Crippen LogP contribution in [0.3, 0.4) is 0 Å². The number of ether oxygens (including phenoxy) is 1. The SMILES string of the molecule is O=C(O)Cc1ccccc1Oc1ccc([N+](=O)[O-])cc1F. The topological polar surface area (TPSA) is 89.7 Å². The maximum atomic E-state index is 13.7. The largest absolute Gasteiger partial charge is 0.481 e. The van der Waals surface area contributed by atoms with Gasteiger partial charge in [-0.05, 0) is 12.1 Å². The summed E-state index contributed by atoms with van der Waals surface area (Å²) in [6.45, 7) is 0. The number of para-hydroxylation sites is 1. The van der Waals surface area contributed by atoms with E-state index in [9.17, 15) is 19.3 Å². The lowest BCUT2D eigenvalue weighted by molar-refractivity contribution is -0.385. The molecule has 0 aromatic heterocycles. The zero-order valence-electron chi connectivity index (χ0n) is 10.7. The van der Waals surface area contributed by atoms with Crippen molar-refractivity contribution >= 4 is 11.7 Å². The van der Waals surface area contributed by atoms with Crippen molar-refractivity contribution in [1.29, 1.82) is 0 Å². The van der Waals surface area contributed by atoms with Crippen molar-refractivity contribution in [3.63, 3.8) is 0 Å². The van der Waals surface area contributed by atoms with E-state index in [0.29, 0.717) is 5.56 Å². The van der Waals surface area contributed by atoms with Crippen molar-refractivity contribution in [2.45, 2.75) is 6.42 Å². The molecule has 2 aromatic carbocycles. The average Bonchev–Trinajstić information content (AvgIpc) is 2.42. The third-order valence-electron chi connectivity index (χ3n) is 2.66. The van der Waals surface area contributed by atoms with E-state index >= 15 is 0 Å². The van der Waals surface area contributed by atoms with Gasteiger partial charge >= 0.3 is 5.97 Å². The Balaban J connectivity index is 2.30. The van der Waals surface area contributed by atoms with Crippen molar-refractivity contribution in [3.05, 3.63) is 64.0 Å². The first-order chi connectivity index (χ1) is 9.97. The first kappa shape index (κ1) is 14.4. The van der Waals surface area contributed by atoms with Crippen LogP contribution in [0.25, 0.3) is 0 Å². The molecule has 0 bridgehead atoms. The molecule has 0 spiro atoms. The van der Waals surface area contributed by atoms with Gasteiger partial charge in [0.15, 0.2) is 11.6 Å². The molecule has 0 aliphatic heterocycles. The number of carboxylic acids is 1. The van der Waals surface area contributed by atoms with Crippen LogP contribution >= 0.6 is 0 Å². The van der Waals surface area contributed by atoms with Crippen LogP contribution in [0.1, 0.15) is 5.56 Å². The molecule has 0 radical (unpaired) electrons. The monoisotopic (exact) mass is 291 g/mol. The van der Waals surface area contributed by atoms with E-state index in [1.807, 2.05) is 0 Å². The summed E-state index contributed by atoms with van der Waals surface area (Å²) in [5.74, 6) is -1.96. The fourth-order valence-electron chi connectivity index (χ4n) is 1.72. The van der Waals surface area contributed by atoms with Gasteiger partial charge in [0.05, 0.1) is 17.4 Å². The van der Waals surface area contributed by atoms with Gasteiger partial charge in [-0.15, -0.1) is 0 Å². The second-order valence-electron chi connectivity index (χ2n) is 4.15. The Morgan fingerprint density at radius 1 is 1.24 bits per heavy atom. The lowest BCUT2D eigenvalue weighted by Crippen LogP contribution is -2.02. The molecule has 0 aliphatic rings. The standard InChI is InChI=1S/C14H10FNO5/c15-11-8-10(16(19)20)5-6-13(11)21-12-4-2-1-3-9(12)7-14(17)18/h1-6,8H,7H2,(H,17,18). The van der Waals surface area contributed by atoms with Crippen molar-refractivity contribution < 1.29 is 24.0 Å². The molecule has 0 amide bonds. The zero-order valence-corrected chi connectivity index (χ0v) is 10.7. The third-order valence-corrected chi connectivity index (χ3v) is 2.66. The molecule has 0 aliphatic carbocycles. The lowest BCUT2D eigenvalue weighted by atomic mass is 10.1. The number of nitrogens with zero attached hydrogens (tertiary/aromatic N) is 1. The Morgan fingerprint density at radius 2 is 1.95 bits per heavy atom. The van der Waals surface area contributed by atoms with Crippen LogP contribution in [0, 0.1) is 15.9 Å². The van der Waals surface area contributed by atoms with Gasteiger partial charge in [-0.25, -0.2) is 4.39 Å². The summed E-state index contributed by atoms with van der Waals surface area (Å²) in [4.78, 5) is 20.6. The summed E-state index contributed by atoms with van der Waals surface area (Å²) in [7, 11) is 0. The first-order valence-corrected chi connectivity index (χ1v) is 5.89. The molecule has 108 valence electrons. The third kappa shape index (κ3) is 3.53. The first-order valence-electron chi connectivity index (χ1n) is 5.89. The second kappa shape index (κ2) is 6.00. The number of nitro groups is 1. The second-order valence-corrected chi connectivity index (χ2v) is 4.15. The number of hydrogen-bond donors (Lipinski definition) is 1. The van der Waals surface area contributed by atoms with E-state index in [1.54, 1.807) is 18.2 Å². The molecule has 0 saturated carbocycles. The van der Waals surface area contributed by atoms with Crippen molar-refractivity contribution in [1.82, 2.24) is 0 Å². The summed E-state index contributed by atoms with van der Waals surface area (Å²) < 4.78 is 19.1. The highest BCUT2D eigenvalue weighted by Crippen LogP contribution is 2.29. The van der Waals surface area contributed by atoms with Gasteiger partial charge in [-0.1, -0.05) is 18.2 Å². The molecular weight excluding hydrogens is 281 g/mol. The predicted molar refractivity (Wildman–Crippen MR) is 70.9 cm³/mol. The van der Waals surface area contributed by atoms with Gasteiger partial charge < -0.3 is 9.84 Å². The number of halogens is 1. The maximum absolute atomic E-state index is 13.7. The molecule has 6 nitrogen and oxygen atoms in total. The Kier molecular flexibility index (Phi) is 4.13. The molecule has 21 heavy (non-hydrogen) atoms. The number of carboxylic acid groups (broad SMARTS) is 1. The Hall–Kier alpha value is -2.96.